The molecular weight excluding hydrogens is 399 g/mol. The summed E-state index contributed by atoms with van der Waals surface area (Å²) in [6.45, 7) is 7.70. The van der Waals surface area contributed by atoms with E-state index in [2.05, 4.69) is 48.2 Å². The van der Waals surface area contributed by atoms with Gasteiger partial charge in [0.15, 0.2) is 5.96 Å². The summed E-state index contributed by atoms with van der Waals surface area (Å²) in [5.41, 5.74) is 12.0. The van der Waals surface area contributed by atoms with Gasteiger partial charge in [0, 0.05) is 24.9 Å². The molecule has 0 atom stereocenters. The Hall–Kier alpha value is -1.63. The topological polar surface area (TPSA) is 63.3 Å². The van der Waals surface area contributed by atoms with E-state index < -0.39 is 0 Å². The van der Waals surface area contributed by atoms with Gasteiger partial charge < -0.3 is 11.1 Å². The Morgan fingerprint density at radius 1 is 1.17 bits per heavy atom. The van der Waals surface area contributed by atoms with E-state index in [-0.39, 0.29) is 24.0 Å². The highest BCUT2D eigenvalue weighted by Gasteiger charge is 2.03. The Balaban J connectivity index is 0.00000264. The second-order valence-electron chi connectivity index (χ2n) is 5.58. The van der Waals surface area contributed by atoms with Gasteiger partial charge in [0.05, 0.1) is 6.54 Å². The average Bonchev–Trinajstić information content (AvgIpc) is 2.47. The molecule has 0 unspecified atom stereocenters. The van der Waals surface area contributed by atoms with Crippen LogP contribution in [0.25, 0.3) is 0 Å². The van der Waals surface area contributed by atoms with Crippen molar-refractivity contribution in [2.45, 2.75) is 33.7 Å². The zero-order valence-electron chi connectivity index (χ0n) is 14.0. The normalized spacial score (nSPS) is 11.0. The summed E-state index contributed by atoms with van der Waals surface area (Å²) in [6.07, 6.45) is 2.63. The molecule has 2 aromatic rings. The number of benzene rings is 1. The highest BCUT2D eigenvalue weighted by molar-refractivity contribution is 14.0. The van der Waals surface area contributed by atoms with Gasteiger partial charge in [-0.15, -0.1) is 24.0 Å². The molecule has 124 valence electrons. The summed E-state index contributed by atoms with van der Waals surface area (Å²) < 4.78 is 0. The number of nitrogens with zero attached hydrogens (tertiary/aromatic N) is 2. The summed E-state index contributed by atoms with van der Waals surface area (Å²) in [5, 5.41) is 3.14. The molecule has 3 N–H and O–H groups in total. The van der Waals surface area contributed by atoms with Gasteiger partial charge in [-0.05, 0) is 49.6 Å². The van der Waals surface area contributed by atoms with Crippen LogP contribution in [0.5, 0.6) is 0 Å². The predicted molar refractivity (Wildman–Crippen MR) is 107 cm³/mol. The van der Waals surface area contributed by atoms with Gasteiger partial charge in [-0.1, -0.05) is 23.8 Å². The molecule has 0 aliphatic rings. The molecule has 0 saturated carbocycles. The maximum atomic E-state index is 5.93. The molecule has 0 aliphatic carbocycles. The maximum Gasteiger partial charge on any atom is 0.188 e. The molecule has 5 heteroatoms. The molecule has 0 fully saturated rings. The van der Waals surface area contributed by atoms with Crippen LogP contribution in [0.4, 0.5) is 0 Å². The van der Waals surface area contributed by atoms with Crippen LogP contribution >= 0.6 is 24.0 Å². The lowest BCUT2D eigenvalue weighted by molar-refractivity contribution is 0.826. The van der Waals surface area contributed by atoms with Crippen molar-refractivity contribution in [1.29, 1.82) is 0 Å². The molecule has 1 aromatic carbocycles. The number of aliphatic imine (C=N–C) groups is 1. The second kappa shape index (κ2) is 9.50. The van der Waals surface area contributed by atoms with E-state index in [9.17, 15) is 0 Å². The van der Waals surface area contributed by atoms with E-state index >= 15 is 0 Å². The van der Waals surface area contributed by atoms with Crippen molar-refractivity contribution in [3.8, 4) is 0 Å². The molecule has 4 nitrogen and oxygen atoms in total. The molecule has 0 radical (unpaired) electrons. The molecule has 0 spiro atoms. The maximum absolute atomic E-state index is 5.93. The predicted octanol–water partition coefficient (Wildman–Crippen LogP) is 3.27. The van der Waals surface area contributed by atoms with Crippen LogP contribution in [0, 0.1) is 20.8 Å². The highest BCUT2D eigenvalue weighted by Crippen LogP contribution is 2.17. The molecule has 0 bridgehead atoms. The van der Waals surface area contributed by atoms with Crippen LogP contribution in [0.2, 0.25) is 0 Å². The second-order valence-corrected chi connectivity index (χ2v) is 5.58. The SMILES string of the molecule is Cc1cc(C)c(CN=C(N)NCCc2ccccn2)c(C)c1.I. The number of aryl methyl sites for hydroxylation is 3. The first-order valence-corrected chi connectivity index (χ1v) is 7.56. The molecule has 0 aliphatic heterocycles. The van der Waals surface area contributed by atoms with Crippen LogP contribution in [-0.2, 0) is 13.0 Å². The molecular formula is C18H25IN4. The first kappa shape index (κ1) is 19.4. The monoisotopic (exact) mass is 424 g/mol. The number of rotatable bonds is 5. The van der Waals surface area contributed by atoms with Crippen molar-refractivity contribution < 1.29 is 0 Å². The molecule has 2 rings (SSSR count). The molecule has 1 heterocycles. The first-order chi connectivity index (χ1) is 10.6. The van der Waals surface area contributed by atoms with Crippen LogP contribution in [0.3, 0.4) is 0 Å². The lowest BCUT2D eigenvalue weighted by Crippen LogP contribution is -2.33. The van der Waals surface area contributed by atoms with Gasteiger partial charge in [0.2, 0.25) is 0 Å². The minimum absolute atomic E-state index is 0. The summed E-state index contributed by atoms with van der Waals surface area (Å²) in [4.78, 5) is 8.72. The molecule has 0 amide bonds. The lowest BCUT2D eigenvalue weighted by Gasteiger charge is -2.10. The number of aromatic nitrogens is 1. The van der Waals surface area contributed by atoms with Crippen molar-refractivity contribution in [2.75, 3.05) is 6.54 Å². The number of guanidine groups is 1. The Bertz CT molecular complexity index is 630. The van der Waals surface area contributed by atoms with Crippen molar-refractivity contribution in [2.24, 2.45) is 10.7 Å². The summed E-state index contributed by atoms with van der Waals surface area (Å²) >= 11 is 0. The molecule has 23 heavy (non-hydrogen) atoms. The van der Waals surface area contributed by atoms with Gasteiger partial charge in [-0.3, -0.25) is 4.98 Å². The zero-order chi connectivity index (χ0) is 15.9. The zero-order valence-corrected chi connectivity index (χ0v) is 16.3. The fourth-order valence-corrected chi connectivity index (χ4v) is 2.54. The quantitative estimate of drug-likeness (QED) is 0.440. The van der Waals surface area contributed by atoms with Gasteiger partial charge in [0.1, 0.15) is 0 Å². The van der Waals surface area contributed by atoms with Crippen LogP contribution < -0.4 is 11.1 Å². The number of nitrogens with one attached hydrogen (secondary N) is 1. The largest absolute Gasteiger partial charge is 0.370 e. The Labute approximate surface area is 155 Å². The van der Waals surface area contributed by atoms with Crippen molar-refractivity contribution in [3.05, 3.63) is 64.5 Å². The minimum atomic E-state index is 0. The third-order valence-corrected chi connectivity index (χ3v) is 3.66. The highest BCUT2D eigenvalue weighted by atomic mass is 127. The number of pyridine rings is 1. The van der Waals surface area contributed by atoms with Crippen molar-refractivity contribution in [1.82, 2.24) is 10.3 Å². The van der Waals surface area contributed by atoms with E-state index in [0.29, 0.717) is 12.5 Å². The van der Waals surface area contributed by atoms with Gasteiger partial charge in [0.25, 0.3) is 0 Å². The summed E-state index contributed by atoms with van der Waals surface area (Å²) in [5.74, 6) is 0.482. The molecule has 1 aromatic heterocycles. The number of hydrogen-bond donors (Lipinski definition) is 2. The smallest absolute Gasteiger partial charge is 0.188 e. The van der Waals surface area contributed by atoms with E-state index in [1.54, 1.807) is 6.20 Å². The standard InChI is InChI=1S/C18H24N4.HI/c1-13-10-14(2)17(15(3)11-13)12-22-18(19)21-9-7-16-6-4-5-8-20-16;/h4-6,8,10-11H,7,9,12H2,1-3H3,(H3,19,21,22);1H. The Kier molecular flexibility index (Phi) is 8.02. The average molecular weight is 424 g/mol. The third kappa shape index (κ3) is 6.17. The third-order valence-electron chi connectivity index (χ3n) is 3.66. The van der Waals surface area contributed by atoms with Gasteiger partial charge >= 0.3 is 0 Å². The first-order valence-electron chi connectivity index (χ1n) is 7.56. The van der Waals surface area contributed by atoms with E-state index in [1.165, 1.54) is 22.3 Å². The van der Waals surface area contributed by atoms with Gasteiger partial charge in [-0.2, -0.15) is 0 Å². The minimum Gasteiger partial charge on any atom is -0.370 e. The van der Waals surface area contributed by atoms with Crippen molar-refractivity contribution in [3.63, 3.8) is 0 Å². The summed E-state index contributed by atoms with van der Waals surface area (Å²) in [7, 11) is 0. The fraction of sp³-hybridized carbons (Fsp3) is 0.333. The number of nitrogens with two attached hydrogens (primary N) is 1. The van der Waals surface area contributed by atoms with Crippen LogP contribution in [0.1, 0.15) is 27.9 Å². The van der Waals surface area contributed by atoms with Crippen molar-refractivity contribution >= 4 is 29.9 Å². The summed E-state index contributed by atoms with van der Waals surface area (Å²) in [6, 6.07) is 10.3. The Morgan fingerprint density at radius 3 is 2.48 bits per heavy atom. The van der Waals surface area contributed by atoms with Crippen LogP contribution in [-0.4, -0.2) is 17.5 Å². The number of hydrogen-bond acceptors (Lipinski definition) is 2. The van der Waals surface area contributed by atoms with E-state index in [1.807, 2.05) is 18.2 Å². The Morgan fingerprint density at radius 2 is 1.87 bits per heavy atom. The fourth-order valence-electron chi connectivity index (χ4n) is 2.54. The lowest BCUT2D eigenvalue weighted by atomic mass is 10.00. The number of halogens is 1. The van der Waals surface area contributed by atoms with E-state index in [4.69, 9.17) is 5.73 Å². The van der Waals surface area contributed by atoms with E-state index in [0.717, 1.165) is 18.7 Å². The van der Waals surface area contributed by atoms with Gasteiger partial charge in [-0.25, -0.2) is 4.99 Å². The molecule has 0 saturated heterocycles. The van der Waals surface area contributed by atoms with Crippen LogP contribution in [0.15, 0.2) is 41.5 Å².